The Hall–Kier alpha value is -0.480. The van der Waals surface area contributed by atoms with Gasteiger partial charge in [0, 0.05) is 11.3 Å². The first-order chi connectivity index (χ1) is 5.68. The summed E-state index contributed by atoms with van der Waals surface area (Å²) in [5.74, 6) is 0. The van der Waals surface area contributed by atoms with Gasteiger partial charge in [0.2, 0.25) is 18.8 Å². The van der Waals surface area contributed by atoms with Crippen LogP contribution in [0, 0.1) is 0 Å². The molecule has 68 valence electrons. The van der Waals surface area contributed by atoms with Gasteiger partial charge in [-0.15, -0.1) is 4.13 Å². The second kappa shape index (κ2) is 3.96. The van der Waals surface area contributed by atoms with E-state index in [0.29, 0.717) is 18.5 Å². The minimum atomic E-state index is -2.40. The number of rotatable bonds is 4. The maximum Gasteiger partial charge on any atom is 0.340 e. The van der Waals surface area contributed by atoms with E-state index in [1.165, 1.54) is 6.34 Å². The molecule has 0 saturated heterocycles. The minimum absolute atomic E-state index is 0.165. The van der Waals surface area contributed by atoms with E-state index in [9.17, 15) is 13.6 Å². The van der Waals surface area contributed by atoms with Crippen LogP contribution in [0.1, 0.15) is 0 Å². The Balaban J connectivity index is 2.46. The van der Waals surface area contributed by atoms with Crippen LogP contribution in [0.4, 0.5) is 0 Å². The van der Waals surface area contributed by atoms with Gasteiger partial charge in [0.1, 0.15) is 6.34 Å². The van der Waals surface area contributed by atoms with Crippen LogP contribution in [-0.4, -0.2) is 32.2 Å². The van der Waals surface area contributed by atoms with Gasteiger partial charge in [0.15, 0.2) is 0 Å². The van der Waals surface area contributed by atoms with E-state index in [1.54, 1.807) is 0 Å². The summed E-state index contributed by atoms with van der Waals surface area (Å²) < 4.78 is 21.9. The molecule has 1 amide bonds. The smallest absolute Gasteiger partial charge is 0.340 e. The van der Waals surface area contributed by atoms with Crippen LogP contribution in [0.2, 0.25) is 0 Å². The molecule has 1 rings (SSSR count). The van der Waals surface area contributed by atoms with E-state index in [2.05, 4.69) is 10.4 Å². The number of amides is 1. The number of quaternary nitrogens is 1. The number of nitrogens with zero attached hydrogens (tertiary/aromatic N) is 2. The molecule has 2 unspecified atom stereocenters. The second-order valence-electron chi connectivity index (χ2n) is 1.89. The Morgan fingerprint density at radius 2 is 2.67 bits per heavy atom. The molecule has 0 spiro atoms. The SMILES string of the molecule is O=C[N+]1(SNS(=O)[O-])CN=CN1. The van der Waals surface area contributed by atoms with Crippen LogP contribution in [0.15, 0.2) is 4.99 Å². The molecule has 0 bridgehead atoms. The standard InChI is InChI=1S/C3H6N4O3S2/c8-3-7(2-4-1-5-7)11-6-12(9)10/h1,3,6H,2H2,(H-,4,5,9,10). The van der Waals surface area contributed by atoms with Crippen molar-refractivity contribution in [3.8, 4) is 0 Å². The summed E-state index contributed by atoms with van der Waals surface area (Å²) in [7, 11) is 0. The first-order valence-corrected chi connectivity index (χ1v) is 4.67. The third-order valence-electron chi connectivity index (χ3n) is 1.10. The average molecular weight is 210 g/mol. The molecular formula is C3H6N4O3S2. The highest BCUT2D eigenvalue weighted by Gasteiger charge is 2.32. The highest BCUT2D eigenvalue weighted by molar-refractivity contribution is 8.01. The number of nitrogens with one attached hydrogen (secondary N) is 2. The first kappa shape index (κ1) is 9.61. The Bertz CT molecular complexity index is 224. The number of aliphatic imine (C=N–C) groups is 1. The van der Waals surface area contributed by atoms with Gasteiger partial charge in [-0.1, -0.05) is 4.00 Å². The van der Waals surface area contributed by atoms with Gasteiger partial charge >= 0.3 is 6.41 Å². The van der Waals surface area contributed by atoms with Crippen molar-refractivity contribution in [2.24, 2.45) is 4.99 Å². The van der Waals surface area contributed by atoms with Gasteiger partial charge in [-0.2, -0.15) is 0 Å². The molecule has 0 aliphatic carbocycles. The summed E-state index contributed by atoms with van der Waals surface area (Å²) in [5, 5.41) is 0. The molecule has 1 aliphatic heterocycles. The molecule has 0 saturated carbocycles. The zero-order valence-electron chi connectivity index (χ0n) is 5.80. The van der Waals surface area contributed by atoms with Crippen molar-refractivity contribution in [2.75, 3.05) is 6.67 Å². The molecule has 0 radical (unpaired) electrons. The van der Waals surface area contributed by atoms with Gasteiger partial charge in [0.05, 0.1) is 0 Å². The minimum Gasteiger partial charge on any atom is -0.759 e. The summed E-state index contributed by atoms with van der Waals surface area (Å²) in [4.78, 5) is 14.2. The van der Waals surface area contributed by atoms with E-state index in [0.717, 1.165) is 0 Å². The lowest BCUT2D eigenvalue weighted by Crippen LogP contribution is -2.49. The van der Waals surface area contributed by atoms with Crippen molar-refractivity contribution in [1.82, 2.24) is 9.55 Å². The Labute approximate surface area is 75.5 Å². The maximum atomic E-state index is 10.5. The number of carbonyl (C=O) groups is 1. The normalized spacial score (nSPS) is 29.8. The van der Waals surface area contributed by atoms with E-state index < -0.39 is 11.3 Å². The summed E-state index contributed by atoms with van der Waals surface area (Å²) in [6.45, 7) is 0.165. The third-order valence-corrected chi connectivity index (χ3v) is 2.57. The molecule has 2 N–H and O–H groups in total. The van der Waals surface area contributed by atoms with E-state index in [-0.39, 0.29) is 10.7 Å². The van der Waals surface area contributed by atoms with Crippen LogP contribution in [0.25, 0.3) is 0 Å². The van der Waals surface area contributed by atoms with Crippen molar-refractivity contribution in [3.63, 3.8) is 0 Å². The molecule has 9 heteroatoms. The van der Waals surface area contributed by atoms with Crippen LogP contribution in [0.5, 0.6) is 0 Å². The van der Waals surface area contributed by atoms with Crippen LogP contribution < -0.4 is 9.55 Å². The molecule has 0 fully saturated rings. The van der Waals surface area contributed by atoms with Crippen LogP contribution in [0.3, 0.4) is 0 Å². The van der Waals surface area contributed by atoms with Gasteiger partial charge in [-0.3, -0.25) is 4.21 Å². The van der Waals surface area contributed by atoms with Crippen molar-refractivity contribution >= 4 is 36.1 Å². The largest absolute Gasteiger partial charge is 0.759 e. The fraction of sp³-hybridized carbons (Fsp3) is 0.333. The van der Waals surface area contributed by atoms with Crippen molar-refractivity contribution < 1.29 is 17.6 Å². The fourth-order valence-electron chi connectivity index (χ4n) is 0.579. The fourth-order valence-corrected chi connectivity index (χ4v) is 1.62. The predicted molar refractivity (Wildman–Crippen MR) is 42.5 cm³/mol. The summed E-state index contributed by atoms with van der Waals surface area (Å²) in [6, 6.07) is 0. The molecule has 12 heavy (non-hydrogen) atoms. The van der Waals surface area contributed by atoms with Gasteiger partial charge in [-0.25, -0.2) is 15.2 Å². The Morgan fingerprint density at radius 3 is 3.08 bits per heavy atom. The summed E-state index contributed by atoms with van der Waals surface area (Å²) >= 11 is -1.69. The lowest BCUT2D eigenvalue weighted by molar-refractivity contribution is -0.735. The molecule has 0 aromatic heterocycles. The quantitative estimate of drug-likeness (QED) is 0.252. The third kappa shape index (κ3) is 2.25. The lowest BCUT2D eigenvalue weighted by atomic mass is 11.0. The zero-order chi connectivity index (χ0) is 9.03. The number of carbonyl (C=O) groups excluding carboxylic acids is 1. The maximum absolute atomic E-state index is 10.5. The van der Waals surface area contributed by atoms with E-state index >= 15 is 0 Å². The molecule has 1 aliphatic rings. The van der Waals surface area contributed by atoms with Crippen molar-refractivity contribution in [1.29, 1.82) is 0 Å². The van der Waals surface area contributed by atoms with Crippen LogP contribution >= 0.6 is 12.1 Å². The zero-order valence-corrected chi connectivity index (χ0v) is 7.43. The molecular weight excluding hydrogens is 204 g/mol. The molecule has 2 atom stereocenters. The van der Waals surface area contributed by atoms with E-state index in [1.807, 2.05) is 4.13 Å². The molecule has 0 aromatic carbocycles. The Kier molecular flexibility index (Phi) is 3.17. The summed E-state index contributed by atoms with van der Waals surface area (Å²) in [5.41, 5.74) is 2.58. The van der Waals surface area contributed by atoms with Crippen molar-refractivity contribution in [3.05, 3.63) is 0 Å². The molecule has 1 heterocycles. The first-order valence-electron chi connectivity index (χ1n) is 2.82. The van der Waals surface area contributed by atoms with E-state index in [4.69, 9.17) is 0 Å². The number of hydrogen-bond acceptors (Lipinski definition) is 6. The van der Waals surface area contributed by atoms with Gasteiger partial charge < -0.3 is 4.55 Å². The average Bonchev–Trinajstić information content (AvgIpc) is 2.50. The molecule has 0 aromatic rings. The monoisotopic (exact) mass is 210 g/mol. The van der Waals surface area contributed by atoms with Crippen molar-refractivity contribution in [2.45, 2.75) is 0 Å². The van der Waals surface area contributed by atoms with Gasteiger partial charge in [0.25, 0.3) is 0 Å². The Morgan fingerprint density at radius 1 is 1.92 bits per heavy atom. The topological polar surface area (TPSA) is 93.6 Å². The molecule has 7 nitrogen and oxygen atoms in total. The number of hydrogen-bond donors (Lipinski definition) is 2. The lowest BCUT2D eigenvalue weighted by Gasteiger charge is -2.20. The van der Waals surface area contributed by atoms with Gasteiger partial charge in [-0.05, 0) is 0 Å². The highest BCUT2D eigenvalue weighted by atomic mass is 32.3. The highest BCUT2D eigenvalue weighted by Crippen LogP contribution is 2.15. The summed E-state index contributed by atoms with van der Waals surface area (Å²) in [6.07, 6.45) is 1.90. The second-order valence-corrected chi connectivity index (χ2v) is 3.86. The predicted octanol–water partition coefficient (Wildman–Crippen LogP) is -1.59. The van der Waals surface area contributed by atoms with Crippen LogP contribution in [-0.2, 0) is 16.1 Å².